The number of furan rings is 1. The minimum atomic E-state index is -0.388. The van der Waals surface area contributed by atoms with Crippen LogP contribution in [-0.4, -0.2) is 13.1 Å². The fraction of sp³-hybridized carbons (Fsp3) is 0.125. The van der Waals surface area contributed by atoms with Gasteiger partial charge in [-0.1, -0.05) is 0 Å². The third-order valence-corrected chi connectivity index (χ3v) is 1.76. The van der Waals surface area contributed by atoms with E-state index in [1.807, 2.05) is 6.07 Å². The summed E-state index contributed by atoms with van der Waals surface area (Å²) in [6.45, 7) is 0. The first-order valence-electron chi connectivity index (χ1n) is 3.24. The SMILES string of the molecule is COC(=O)C=Cc1ccc(I)o1. The Balaban J connectivity index is 2.63. The minimum Gasteiger partial charge on any atom is -0.466 e. The van der Waals surface area contributed by atoms with Gasteiger partial charge >= 0.3 is 5.97 Å². The molecule has 0 radical (unpaired) electrons. The van der Waals surface area contributed by atoms with E-state index in [4.69, 9.17) is 4.42 Å². The largest absolute Gasteiger partial charge is 0.466 e. The van der Waals surface area contributed by atoms with Crippen molar-refractivity contribution in [3.63, 3.8) is 0 Å². The van der Waals surface area contributed by atoms with Crippen molar-refractivity contribution in [3.8, 4) is 0 Å². The van der Waals surface area contributed by atoms with Gasteiger partial charge in [-0.2, -0.15) is 0 Å². The van der Waals surface area contributed by atoms with Gasteiger partial charge in [0.05, 0.1) is 7.11 Å². The van der Waals surface area contributed by atoms with Crippen LogP contribution in [0.1, 0.15) is 5.76 Å². The van der Waals surface area contributed by atoms with E-state index in [-0.39, 0.29) is 5.97 Å². The highest BCUT2D eigenvalue weighted by Crippen LogP contribution is 2.11. The third-order valence-electron chi connectivity index (χ3n) is 1.18. The Labute approximate surface area is 83.5 Å². The van der Waals surface area contributed by atoms with E-state index in [2.05, 4.69) is 27.3 Å². The van der Waals surface area contributed by atoms with E-state index in [1.54, 1.807) is 12.1 Å². The molecule has 1 rings (SSSR count). The number of methoxy groups -OCH3 is 1. The van der Waals surface area contributed by atoms with Crippen LogP contribution in [0, 0.1) is 3.77 Å². The maximum Gasteiger partial charge on any atom is 0.330 e. The summed E-state index contributed by atoms with van der Waals surface area (Å²) in [4.78, 5) is 10.6. The van der Waals surface area contributed by atoms with Crippen LogP contribution in [0.2, 0.25) is 0 Å². The summed E-state index contributed by atoms with van der Waals surface area (Å²) in [5.41, 5.74) is 0. The molecule has 0 bridgehead atoms. The smallest absolute Gasteiger partial charge is 0.330 e. The lowest BCUT2D eigenvalue weighted by atomic mass is 10.4. The van der Waals surface area contributed by atoms with Crippen LogP contribution in [0.4, 0.5) is 0 Å². The minimum absolute atomic E-state index is 0.388. The number of halogens is 1. The highest BCUT2D eigenvalue weighted by Gasteiger charge is 1.95. The standard InChI is InChI=1S/C8H7IO3/c1-11-8(10)5-3-6-2-4-7(9)12-6/h2-5H,1H3. The predicted molar refractivity (Wildman–Crippen MR) is 52.5 cm³/mol. The number of carbonyl (C=O) groups excluding carboxylic acids is 1. The molecule has 0 spiro atoms. The highest BCUT2D eigenvalue weighted by molar-refractivity contribution is 14.1. The first-order valence-corrected chi connectivity index (χ1v) is 4.31. The fourth-order valence-electron chi connectivity index (χ4n) is 0.636. The zero-order valence-electron chi connectivity index (χ0n) is 6.41. The van der Waals surface area contributed by atoms with Crippen LogP contribution in [0.3, 0.4) is 0 Å². The van der Waals surface area contributed by atoms with Crippen molar-refractivity contribution in [1.29, 1.82) is 0 Å². The molecule has 1 heterocycles. The molecule has 0 saturated heterocycles. The summed E-state index contributed by atoms with van der Waals surface area (Å²) in [5.74, 6) is 0.256. The van der Waals surface area contributed by atoms with E-state index >= 15 is 0 Å². The van der Waals surface area contributed by atoms with E-state index in [0.717, 1.165) is 3.77 Å². The number of carbonyl (C=O) groups is 1. The quantitative estimate of drug-likeness (QED) is 0.472. The second-order valence-electron chi connectivity index (χ2n) is 2.00. The van der Waals surface area contributed by atoms with Crippen molar-refractivity contribution in [1.82, 2.24) is 0 Å². The second kappa shape index (κ2) is 4.30. The van der Waals surface area contributed by atoms with Gasteiger partial charge in [0.15, 0.2) is 3.77 Å². The van der Waals surface area contributed by atoms with Crippen LogP contribution in [0.25, 0.3) is 6.08 Å². The lowest BCUT2D eigenvalue weighted by Crippen LogP contribution is -1.92. The molecule has 4 heteroatoms. The topological polar surface area (TPSA) is 39.4 Å². The molecular formula is C8H7IO3. The van der Waals surface area contributed by atoms with Crippen molar-refractivity contribution < 1.29 is 13.9 Å². The number of ether oxygens (including phenoxy) is 1. The number of rotatable bonds is 2. The van der Waals surface area contributed by atoms with Crippen molar-refractivity contribution in [2.24, 2.45) is 0 Å². The Morgan fingerprint density at radius 1 is 1.67 bits per heavy atom. The van der Waals surface area contributed by atoms with Crippen LogP contribution < -0.4 is 0 Å². The molecule has 3 nitrogen and oxygen atoms in total. The third kappa shape index (κ3) is 2.69. The van der Waals surface area contributed by atoms with E-state index < -0.39 is 0 Å². The summed E-state index contributed by atoms with van der Waals surface area (Å²) in [7, 11) is 1.33. The average molecular weight is 278 g/mol. The van der Waals surface area contributed by atoms with Crippen molar-refractivity contribution in [3.05, 3.63) is 27.7 Å². The lowest BCUT2D eigenvalue weighted by molar-refractivity contribution is -0.134. The molecule has 0 amide bonds. The summed E-state index contributed by atoms with van der Waals surface area (Å²) in [6.07, 6.45) is 2.88. The summed E-state index contributed by atoms with van der Waals surface area (Å²) >= 11 is 2.05. The maximum absolute atomic E-state index is 10.6. The lowest BCUT2D eigenvalue weighted by Gasteiger charge is -1.87. The van der Waals surface area contributed by atoms with E-state index in [0.29, 0.717) is 5.76 Å². The molecule has 1 aromatic heterocycles. The molecule has 1 aromatic rings. The molecule has 64 valence electrons. The van der Waals surface area contributed by atoms with E-state index in [1.165, 1.54) is 13.2 Å². The van der Waals surface area contributed by atoms with Crippen molar-refractivity contribution in [2.45, 2.75) is 0 Å². The molecule has 0 aliphatic carbocycles. The molecule has 0 N–H and O–H groups in total. The summed E-state index contributed by atoms with van der Waals surface area (Å²) < 4.78 is 10.4. The van der Waals surface area contributed by atoms with Gasteiger partial charge in [-0.05, 0) is 40.8 Å². The van der Waals surface area contributed by atoms with Crippen LogP contribution in [-0.2, 0) is 9.53 Å². The molecule has 0 saturated carbocycles. The zero-order chi connectivity index (χ0) is 8.97. The van der Waals surface area contributed by atoms with Crippen LogP contribution in [0.5, 0.6) is 0 Å². The van der Waals surface area contributed by atoms with Gasteiger partial charge in [0, 0.05) is 6.08 Å². The molecule has 0 aliphatic rings. The Morgan fingerprint density at radius 2 is 2.42 bits per heavy atom. The molecule has 0 fully saturated rings. The average Bonchev–Trinajstić information content (AvgIpc) is 2.47. The molecule has 12 heavy (non-hydrogen) atoms. The second-order valence-corrected chi connectivity index (χ2v) is 3.06. The Bertz CT molecular complexity index is 301. The Kier molecular flexibility index (Phi) is 3.33. The molecule has 0 aliphatic heterocycles. The highest BCUT2D eigenvalue weighted by atomic mass is 127. The van der Waals surface area contributed by atoms with Crippen LogP contribution in [0.15, 0.2) is 22.6 Å². The Morgan fingerprint density at radius 3 is 2.92 bits per heavy atom. The van der Waals surface area contributed by atoms with Gasteiger partial charge in [-0.15, -0.1) is 0 Å². The molecule has 0 atom stereocenters. The van der Waals surface area contributed by atoms with Gasteiger partial charge in [0.1, 0.15) is 5.76 Å². The molecular weight excluding hydrogens is 271 g/mol. The Hall–Kier alpha value is -0.780. The normalized spacial score (nSPS) is 10.5. The van der Waals surface area contributed by atoms with Gasteiger partial charge in [0.25, 0.3) is 0 Å². The fourth-order valence-corrected chi connectivity index (χ4v) is 1.07. The van der Waals surface area contributed by atoms with Crippen molar-refractivity contribution >= 4 is 34.6 Å². The first kappa shape index (κ1) is 9.31. The zero-order valence-corrected chi connectivity index (χ0v) is 8.57. The van der Waals surface area contributed by atoms with Gasteiger partial charge in [-0.25, -0.2) is 4.79 Å². The van der Waals surface area contributed by atoms with Crippen LogP contribution >= 0.6 is 22.6 Å². The summed E-state index contributed by atoms with van der Waals surface area (Å²) in [5, 5.41) is 0. The van der Waals surface area contributed by atoms with Gasteiger partial charge in [0.2, 0.25) is 0 Å². The van der Waals surface area contributed by atoms with Crippen molar-refractivity contribution in [2.75, 3.05) is 7.11 Å². The monoisotopic (exact) mass is 278 g/mol. The first-order chi connectivity index (χ1) is 5.72. The predicted octanol–water partition coefficient (Wildman–Crippen LogP) is 2.07. The van der Waals surface area contributed by atoms with E-state index in [9.17, 15) is 4.79 Å². The molecule has 0 aromatic carbocycles. The number of hydrogen-bond donors (Lipinski definition) is 0. The number of esters is 1. The number of hydrogen-bond acceptors (Lipinski definition) is 3. The maximum atomic E-state index is 10.6. The van der Waals surface area contributed by atoms with Gasteiger partial charge in [-0.3, -0.25) is 0 Å². The molecule has 0 unspecified atom stereocenters. The summed E-state index contributed by atoms with van der Waals surface area (Å²) in [6, 6.07) is 3.60. The van der Waals surface area contributed by atoms with Gasteiger partial charge < -0.3 is 9.15 Å².